The molecule has 4 N–H and O–H groups in total. The molecule has 0 aliphatic heterocycles. The number of carbonyl (C=O) groups excluding carboxylic acids is 2. The molecule has 0 bridgehead atoms. The highest BCUT2D eigenvalue weighted by Crippen LogP contribution is 2.12. The molecule has 116 valence electrons. The van der Waals surface area contributed by atoms with E-state index in [-0.39, 0.29) is 17.4 Å². The SMILES string of the molecule is CCCC(N)C(=O)Nc1cccc(C(=O)NC(C)(C)C)c1. The lowest BCUT2D eigenvalue weighted by Crippen LogP contribution is -2.40. The van der Waals surface area contributed by atoms with E-state index in [1.165, 1.54) is 0 Å². The Bertz CT molecular complexity index is 506. The van der Waals surface area contributed by atoms with Gasteiger partial charge in [0.15, 0.2) is 0 Å². The normalized spacial score (nSPS) is 12.6. The van der Waals surface area contributed by atoms with Crippen LogP contribution in [0.4, 0.5) is 5.69 Å². The Kier molecular flexibility index (Phi) is 5.90. The molecule has 1 rings (SSSR count). The molecule has 2 amide bonds. The van der Waals surface area contributed by atoms with E-state index in [4.69, 9.17) is 5.73 Å². The first-order valence-corrected chi connectivity index (χ1v) is 7.22. The fourth-order valence-electron chi connectivity index (χ4n) is 1.83. The van der Waals surface area contributed by atoms with Crippen LogP contribution < -0.4 is 16.4 Å². The van der Waals surface area contributed by atoms with Crippen LogP contribution in [-0.4, -0.2) is 23.4 Å². The Labute approximate surface area is 126 Å². The van der Waals surface area contributed by atoms with Crippen LogP contribution in [-0.2, 0) is 4.79 Å². The lowest BCUT2D eigenvalue weighted by molar-refractivity contribution is -0.117. The van der Waals surface area contributed by atoms with Crippen molar-refractivity contribution in [3.05, 3.63) is 29.8 Å². The minimum Gasteiger partial charge on any atom is -0.347 e. The summed E-state index contributed by atoms with van der Waals surface area (Å²) in [5, 5.41) is 5.62. The summed E-state index contributed by atoms with van der Waals surface area (Å²) in [7, 11) is 0. The molecule has 0 heterocycles. The van der Waals surface area contributed by atoms with Crippen LogP contribution in [0.5, 0.6) is 0 Å². The summed E-state index contributed by atoms with van der Waals surface area (Å²) in [6.07, 6.45) is 1.48. The van der Waals surface area contributed by atoms with Gasteiger partial charge in [-0.15, -0.1) is 0 Å². The average molecular weight is 291 g/mol. The predicted octanol–water partition coefficient (Wildman–Crippen LogP) is 2.28. The van der Waals surface area contributed by atoms with E-state index < -0.39 is 6.04 Å². The number of benzene rings is 1. The van der Waals surface area contributed by atoms with Crippen molar-refractivity contribution in [2.75, 3.05) is 5.32 Å². The molecule has 1 aromatic rings. The fourth-order valence-corrected chi connectivity index (χ4v) is 1.83. The Balaban J connectivity index is 2.77. The number of hydrogen-bond acceptors (Lipinski definition) is 3. The zero-order chi connectivity index (χ0) is 16.0. The molecule has 0 saturated heterocycles. The summed E-state index contributed by atoms with van der Waals surface area (Å²) in [6, 6.07) is 6.31. The first kappa shape index (κ1) is 17.2. The molecule has 5 nitrogen and oxygen atoms in total. The number of amides is 2. The van der Waals surface area contributed by atoms with E-state index >= 15 is 0 Å². The van der Waals surface area contributed by atoms with Crippen molar-refractivity contribution < 1.29 is 9.59 Å². The number of carbonyl (C=O) groups is 2. The molecule has 1 aromatic carbocycles. The standard InChI is InChI=1S/C16H25N3O2/c1-5-7-13(17)15(21)18-12-9-6-8-11(10-12)14(20)19-16(2,3)4/h6,8-10,13H,5,7,17H2,1-4H3,(H,18,21)(H,19,20). The van der Waals surface area contributed by atoms with Crippen LogP contribution in [0.2, 0.25) is 0 Å². The van der Waals surface area contributed by atoms with Gasteiger partial charge in [0.1, 0.15) is 0 Å². The molecule has 1 unspecified atom stereocenters. The van der Waals surface area contributed by atoms with Crippen LogP contribution in [0.1, 0.15) is 50.9 Å². The van der Waals surface area contributed by atoms with Crippen molar-refractivity contribution in [2.45, 2.75) is 52.1 Å². The van der Waals surface area contributed by atoms with Gasteiger partial charge in [-0.3, -0.25) is 9.59 Å². The van der Waals surface area contributed by atoms with E-state index in [9.17, 15) is 9.59 Å². The lowest BCUT2D eigenvalue weighted by atomic mass is 10.1. The van der Waals surface area contributed by atoms with Crippen LogP contribution in [0.25, 0.3) is 0 Å². The van der Waals surface area contributed by atoms with Crippen LogP contribution in [0, 0.1) is 0 Å². The molecule has 0 radical (unpaired) electrons. The molecule has 0 aliphatic carbocycles. The van der Waals surface area contributed by atoms with Gasteiger partial charge in [0.25, 0.3) is 5.91 Å². The zero-order valence-corrected chi connectivity index (χ0v) is 13.2. The summed E-state index contributed by atoms with van der Waals surface area (Å²) >= 11 is 0. The second-order valence-electron chi connectivity index (χ2n) is 6.17. The Morgan fingerprint density at radius 3 is 2.52 bits per heavy atom. The van der Waals surface area contributed by atoms with Gasteiger partial charge in [0.2, 0.25) is 5.91 Å². The number of rotatable bonds is 5. The highest BCUT2D eigenvalue weighted by atomic mass is 16.2. The van der Waals surface area contributed by atoms with Crippen molar-refractivity contribution >= 4 is 17.5 Å². The summed E-state index contributed by atoms with van der Waals surface area (Å²) in [6.45, 7) is 7.73. The summed E-state index contributed by atoms with van der Waals surface area (Å²) < 4.78 is 0. The Hall–Kier alpha value is -1.88. The van der Waals surface area contributed by atoms with Gasteiger partial charge in [-0.1, -0.05) is 19.4 Å². The first-order valence-electron chi connectivity index (χ1n) is 7.22. The van der Waals surface area contributed by atoms with E-state index in [2.05, 4.69) is 10.6 Å². The van der Waals surface area contributed by atoms with Crippen molar-refractivity contribution in [1.82, 2.24) is 5.32 Å². The third kappa shape index (κ3) is 5.95. The van der Waals surface area contributed by atoms with Crippen molar-refractivity contribution in [3.63, 3.8) is 0 Å². The van der Waals surface area contributed by atoms with E-state index in [0.29, 0.717) is 17.7 Å². The maximum atomic E-state index is 12.1. The van der Waals surface area contributed by atoms with Gasteiger partial charge < -0.3 is 16.4 Å². The van der Waals surface area contributed by atoms with Crippen LogP contribution in [0.3, 0.4) is 0 Å². The second-order valence-corrected chi connectivity index (χ2v) is 6.17. The first-order chi connectivity index (χ1) is 9.73. The Morgan fingerprint density at radius 2 is 1.95 bits per heavy atom. The van der Waals surface area contributed by atoms with Crippen molar-refractivity contribution in [1.29, 1.82) is 0 Å². The van der Waals surface area contributed by atoms with Gasteiger partial charge in [0.05, 0.1) is 6.04 Å². The number of nitrogens with two attached hydrogens (primary N) is 1. The van der Waals surface area contributed by atoms with Crippen LogP contribution in [0.15, 0.2) is 24.3 Å². The molecule has 0 aliphatic rings. The number of nitrogens with one attached hydrogen (secondary N) is 2. The predicted molar refractivity (Wildman–Crippen MR) is 85.2 cm³/mol. The molecule has 0 fully saturated rings. The third-order valence-corrected chi connectivity index (χ3v) is 2.82. The molecule has 0 spiro atoms. The molecular formula is C16H25N3O2. The number of hydrogen-bond donors (Lipinski definition) is 3. The van der Waals surface area contributed by atoms with Gasteiger partial charge >= 0.3 is 0 Å². The maximum Gasteiger partial charge on any atom is 0.251 e. The largest absolute Gasteiger partial charge is 0.347 e. The van der Waals surface area contributed by atoms with Gasteiger partial charge in [0, 0.05) is 16.8 Å². The smallest absolute Gasteiger partial charge is 0.251 e. The van der Waals surface area contributed by atoms with Crippen molar-refractivity contribution in [2.24, 2.45) is 5.73 Å². The van der Waals surface area contributed by atoms with Crippen molar-refractivity contribution in [3.8, 4) is 0 Å². The number of anilines is 1. The fraction of sp³-hybridized carbons (Fsp3) is 0.500. The summed E-state index contributed by atoms with van der Waals surface area (Å²) in [4.78, 5) is 24.0. The summed E-state index contributed by atoms with van der Waals surface area (Å²) in [5.41, 5.74) is 6.54. The topological polar surface area (TPSA) is 84.2 Å². The Morgan fingerprint density at radius 1 is 1.29 bits per heavy atom. The van der Waals surface area contributed by atoms with E-state index in [0.717, 1.165) is 6.42 Å². The lowest BCUT2D eigenvalue weighted by Gasteiger charge is -2.20. The van der Waals surface area contributed by atoms with Crippen LogP contribution >= 0.6 is 0 Å². The minimum absolute atomic E-state index is 0.170. The zero-order valence-electron chi connectivity index (χ0n) is 13.2. The minimum atomic E-state index is -0.526. The summed E-state index contributed by atoms with van der Waals surface area (Å²) in [5.74, 6) is -0.401. The maximum absolute atomic E-state index is 12.1. The molecule has 1 atom stereocenters. The monoisotopic (exact) mass is 291 g/mol. The second kappa shape index (κ2) is 7.22. The van der Waals surface area contributed by atoms with E-state index in [1.807, 2.05) is 27.7 Å². The van der Waals surface area contributed by atoms with Gasteiger partial charge in [-0.2, -0.15) is 0 Å². The average Bonchev–Trinajstić information content (AvgIpc) is 2.37. The molecule has 21 heavy (non-hydrogen) atoms. The van der Waals surface area contributed by atoms with Gasteiger partial charge in [-0.25, -0.2) is 0 Å². The van der Waals surface area contributed by atoms with Gasteiger partial charge in [-0.05, 0) is 45.4 Å². The quantitative estimate of drug-likeness (QED) is 0.778. The molecule has 5 heteroatoms. The van der Waals surface area contributed by atoms with E-state index in [1.54, 1.807) is 24.3 Å². The third-order valence-electron chi connectivity index (χ3n) is 2.82. The highest BCUT2D eigenvalue weighted by Gasteiger charge is 2.16. The molecular weight excluding hydrogens is 266 g/mol. The molecule has 0 saturated carbocycles. The molecule has 0 aromatic heterocycles. The highest BCUT2D eigenvalue weighted by molar-refractivity contribution is 5.98.